The highest BCUT2D eigenvalue weighted by atomic mass is 32.1. The second-order valence-corrected chi connectivity index (χ2v) is 6.50. The summed E-state index contributed by atoms with van der Waals surface area (Å²) in [6.07, 6.45) is 7.30. The van der Waals surface area contributed by atoms with Gasteiger partial charge in [0.25, 0.3) is 5.89 Å². The Morgan fingerprint density at radius 2 is 2.14 bits per heavy atom. The normalized spacial score (nSPS) is 14.7. The van der Waals surface area contributed by atoms with E-state index in [4.69, 9.17) is 9.52 Å². The molecule has 0 unspecified atom stereocenters. The summed E-state index contributed by atoms with van der Waals surface area (Å²) >= 11 is 1.75. The summed E-state index contributed by atoms with van der Waals surface area (Å²) in [5.41, 5.74) is 1.43. The lowest BCUT2D eigenvalue weighted by atomic mass is 10.1. The fourth-order valence-corrected chi connectivity index (χ4v) is 3.79. The van der Waals surface area contributed by atoms with Gasteiger partial charge in [0, 0.05) is 17.7 Å². The van der Waals surface area contributed by atoms with Crippen molar-refractivity contribution in [2.45, 2.75) is 51.4 Å². The summed E-state index contributed by atoms with van der Waals surface area (Å²) in [6.45, 7) is 0. The van der Waals surface area contributed by atoms with Crippen LogP contribution in [-0.2, 0) is 24.1 Å². The summed E-state index contributed by atoms with van der Waals surface area (Å²) < 4.78 is 5.66. The van der Waals surface area contributed by atoms with Crippen molar-refractivity contribution in [2.75, 3.05) is 0 Å². The largest absolute Gasteiger partial charge is 0.481 e. The third kappa shape index (κ3) is 3.50. The van der Waals surface area contributed by atoms with Gasteiger partial charge in [-0.2, -0.15) is 0 Å². The van der Waals surface area contributed by atoms with Crippen molar-refractivity contribution in [3.63, 3.8) is 0 Å². The molecule has 0 amide bonds. The van der Waals surface area contributed by atoms with E-state index in [-0.39, 0.29) is 6.42 Å². The van der Waals surface area contributed by atoms with Gasteiger partial charge in [0.05, 0.1) is 4.88 Å². The number of hydrogen-bond acceptors (Lipinski definition) is 5. The Morgan fingerprint density at radius 1 is 1.29 bits per heavy atom. The lowest BCUT2D eigenvalue weighted by molar-refractivity contribution is -0.137. The molecular weight excluding hydrogens is 288 g/mol. The van der Waals surface area contributed by atoms with Gasteiger partial charge in [-0.1, -0.05) is 6.42 Å². The molecule has 21 heavy (non-hydrogen) atoms. The lowest BCUT2D eigenvalue weighted by Crippen LogP contribution is -1.95. The zero-order valence-electron chi connectivity index (χ0n) is 11.8. The number of carbonyl (C=O) groups is 1. The van der Waals surface area contributed by atoms with Gasteiger partial charge in [0.1, 0.15) is 0 Å². The van der Waals surface area contributed by atoms with Crippen molar-refractivity contribution < 1.29 is 14.3 Å². The molecule has 0 bridgehead atoms. The summed E-state index contributed by atoms with van der Waals surface area (Å²) in [5, 5.41) is 16.7. The molecule has 0 radical (unpaired) electrons. The van der Waals surface area contributed by atoms with Crippen LogP contribution in [-0.4, -0.2) is 21.3 Å². The monoisotopic (exact) mass is 306 g/mol. The predicted molar refractivity (Wildman–Crippen MR) is 79.4 cm³/mol. The van der Waals surface area contributed by atoms with Crippen LogP contribution in [0.1, 0.15) is 48.4 Å². The first-order chi connectivity index (χ1) is 10.2. The Balaban J connectivity index is 1.69. The van der Waals surface area contributed by atoms with Crippen molar-refractivity contribution in [3.05, 3.63) is 22.4 Å². The van der Waals surface area contributed by atoms with E-state index in [0.29, 0.717) is 24.6 Å². The van der Waals surface area contributed by atoms with Gasteiger partial charge >= 0.3 is 5.97 Å². The van der Waals surface area contributed by atoms with Crippen molar-refractivity contribution in [1.82, 2.24) is 10.2 Å². The van der Waals surface area contributed by atoms with Crippen LogP contribution in [0.25, 0.3) is 10.8 Å². The molecule has 2 aromatic rings. The van der Waals surface area contributed by atoms with Gasteiger partial charge in [-0.05, 0) is 43.7 Å². The molecule has 0 atom stereocenters. The van der Waals surface area contributed by atoms with Gasteiger partial charge in [-0.3, -0.25) is 4.79 Å². The molecule has 0 spiro atoms. The molecule has 1 aliphatic rings. The molecule has 0 saturated heterocycles. The van der Waals surface area contributed by atoms with Crippen LogP contribution >= 0.6 is 11.3 Å². The van der Waals surface area contributed by atoms with E-state index in [1.807, 2.05) is 0 Å². The third-order valence-corrected chi connectivity index (χ3v) is 4.93. The van der Waals surface area contributed by atoms with Gasteiger partial charge in [-0.25, -0.2) is 0 Å². The van der Waals surface area contributed by atoms with Crippen LogP contribution in [0.2, 0.25) is 0 Å². The number of aromatic nitrogens is 2. The Labute approximate surface area is 127 Å². The van der Waals surface area contributed by atoms with Crippen molar-refractivity contribution in [1.29, 1.82) is 0 Å². The number of aryl methyl sites for hydroxylation is 3. The Morgan fingerprint density at radius 3 is 3.00 bits per heavy atom. The highest BCUT2D eigenvalue weighted by Gasteiger charge is 2.17. The average Bonchev–Trinajstić information content (AvgIpc) is 3.01. The minimum absolute atomic E-state index is 0.130. The number of rotatable bonds is 5. The topological polar surface area (TPSA) is 76.2 Å². The van der Waals surface area contributed by atoms with E-state index in [9.17, 15) is 4.79 Å². The van der Waals surface area contributed by atoms with E-state index < -0.39 is 5.97 Å². The first kappa shape index (κ1) is 14.3. The van der Waals surface area contributed by atoms with Gasteiger partial charge in [-0.15, -0.1) is 21.5 Å². The van der Waals surface area contributed by atoms with Crippen molar-refractivity contribution >= 4 is 17.3 Å². The maximum absolute atomic E-state index is 10.5. The third-order valence-electron chi connectivity index (χ3n) is 3.71. The minimum Gasteiger partial charge on any atom is -0.481 e. The van der Waals surface area contributed by atoms with Gasteiger partial charge < -0.3 is 9.52 Å². The van der Waals surface area contributed by atoms with Crippen LogP contribution in [0.3, 0.4) is 0 Å². The molecule has 1 aliphatic carbocycles. The fraction of sp³-hybridized carbons (Fsp3) is 0.533. The summed E-state index contributed by atoms with van der Waals surface area (Å²) in [7, 11) is 0. The van der Waals surface area contributed by atoms with Crippen LogP contribution in [0.5, 0.6) is 0 Å². The van der Waals surface area contributed by atoms with E-state index in [1.54, 1.807) is 11.3 Å². The van der Waals surface area contributed by atoms with Crippen LogP contribution in [0.4, 0.5) is 0 Å². The Hall–Kier alpha value is -1.69. The smallest absolute Gasteiger partial charge is 0.303 e. The summed E-state index contributed by atoms with van der Waals surface area (Å²) in [4.78, 5) is 13.0. The number of fused-ring (bicyclic) bond motifs is 1. The number of nitrogens with zero attached hydrogens (tertiary/aromatic N) is 2. The molecule has 0 fully saturated rings. The van der Waals surface area contributed by atoms with E-state index in [2.05, 4.69) is 16.3 Å². The van der Waals surface area contributed by atoms with Crippen LogP contribution < -0.4 is 0 Å². The predicted octanol–water partition coefficient (Wildman–Crippen LogP) is 3.47. The van der Waals surface area contributed by atoms with E-state index >= 15 is 0 Å². The number of carboxylic acids is 1. The minimum atomic E-state index is -0.795. The number of carboxylic acid groups (broad SMARTS) is 1. The first-order valence-electron chi connectivity index (χ1n) is 7.38. The average molecular weight is 306 g/mol. The molecule has 1 N–H and O–H groups in total. The zero-order chi connectivity index (χ0) is 14.7. The molecule has 3 rings (SSSR count). The maximum atomic E-state index is 10.5. The second-order valence-electron chi connectivity index (χ2n) is 5.37. The summed E-state index contributed by atoms with van der Waals surface area (Å²) in [6, 6.07) is 2.18. The molecule has 6 heteroatoms. The van der Waals surface area contributed by atoms with Gasteiger partial charge in [0.15, 0.2) is 0 Å². The van der Waals surface area contributed by atoms with Crippen molar-refractivity contribution in [2.24, 2.45) is 0 Å². The molecule has 0 aliphatic heterocycles. The molecule has 2 aromatic heterocycles. The highest BCUT2D eigenvalue weighted by molar-refractivity contribution is 7.15. The highest BCUT2D eigenvalue weighted by Crippen LogP contribution is 2.34. The second kappa shape index (κ2) is 6.39. The van der Waals surface area contributed by atoms with Crippen molar-refractivity contribution in [3.8, 4) is 10.8 Å². The van der Waals surface area contributed by atoms with Gasteiger partial charge in [0.2, 0.25) is 5.89 Å². The van der Waals surface area contributed by atoms with E-state index in [0.717, 1.165) is 17.7 Å². The molecule has 112 valence electrons. The van der Waals surface area contributed by atoms with Crippen LogP contribution in [0, 0.1) is 0 Å². The lowest BCUT2D eigenvalue weighted by Gasteiger charge is -1.92. The molecular formula is C15H18N2O3S. The maximum Gasteiger partial charge on any atom is 0.303 e. The number of thiophene rings is 1. The standard InChI is InChI=1S/C15H18N2O3S/c18-14(19)8-4-7-13-16-17-15(20-13)12-9-10-5-2-1-3-6-11(10)21-12/h9H,1-8H2,(H,18,19). The molecule has 0 aromatic carbocycles. The fourth-order valence-electron chi connectivity index (χ4n) is 2.62. The molecule has 2 heterocycles. The summed E-state index contributed by atoms with van der Waals surface area (Å²) in [5.74, 6) is 0.296. The molecule has 0 saturated carbocycles. The first-order valence-corrected chi connectivity index (χ1v) is 8.20. The Bertz CT molecular complexity index is 609. The van der Waals surface area contributed by atoms with E-state index in [1.165, 1.54) is 29.7 Å². The SMILES string of the molecule is O=C(O)CCCc1nnc(-c2cc3c(s2)CCCCC3)o1. The number of hydrogen-bond donors (Lipinski definition) is 1. The number of aliphatic carboxylic acids is 1. The quantitative estimate of drug-likeness (QED) is 0.856. The van der Waals surface area contributed by atoms with Crippen LogP contribution in [0.15, 0.2) is 10.5 Å². The molecule has 5 nitrogen and oxygen atoms in total. The Kier molecular flexibility index (Phi) is 4.34. The zero-order valence-corrected chi connectivity index (χ0v) is 12.6.